The summed E-state index contributed by atoms with van der Waals surface area (Å²) in [4.78, 5) is 6.96. The molecule has 0 aromatic heterocycles. The van der Waals surface area contributed by atoms with Gasteiger partial charge in [0.15, 0.2) is 11.5 Å². The zero-order chi connectivity index (χ0) is 24.0. The number of hydrogen-bond acceptors (Lipinski definition) is 4. The van der Waals surface area contributed by atoms with Gasteiger partial charge in [0.25, 0.3) is 0 Å². The van der Waals surface area contributed by atoms with Gasteiger partial charge < -0.3 is 20.1 Å². The first-order valence-corrected chi connectivity index (χ1v) is 11.8. The highest BCUT2D eigenvalue weighted by Gasteiger charge is 2.35. The van der Waals surface area contributed by atoms with Gasteiger partial charge in [-0.25, -0.2) is 4.99 Å². The molecule has 0 bridgehead atoms. The fourth-order valence-corrected chi connectivity index (χ4v) is 5.11. The molecule has 0 atom stereocenters. The highest BCUT2D eigenvalue weighted by atomic mass is 16.5. The summed E-state index contributed by atoms with van der Waals surface area (Å²) in [6.07, 6.45) is 4.62. The molecule has 1 aliphatic heterocycles. The van der Waals surface area contributed by atoms with Crippen LogP contribution in [0.25, 0.3) is 0 Å². The third-order valence-electron chi connectivity index (χ3n) is 6.71. The van der Waals surface area contributed by atoms with Gasteiger partial charge in [0, 0.05) is 18.7 Å². The van der Waals surface area contributed by atoms with E-state index in [1.165, 1.54) is 12.0 Å². The lowest BCUT2D eigenvalue weighted by Crippen LogP contribution is -2.41. The fourth-order valence-electron chi connectivity index (χ4n) is 5.11. The van der Waals surface area contributed by atoms with Crippen molar-refractivity contribution < 1.29 is 9.47 Å². The van der Waals surface area contributed by atoms with Crippen molar-refractivity contribution in [3.8, 4) is 11.5 Å². The normalized spacial score (nSPS) is 16.1. The summed E-state index contributed by atoms with van der Waals surface area (Å²) in [5.74, 6) is 3.16. The van der Waals surface area contributed by atoms with Crippen LogP contribution in [0.4, 0.5) is 0 Å². The van der Waals surface area contributed by atoms with Crippen molar-refractivity contribution in [1.82, 2.24) is 4.90 Å². The quantitative estimate of drug-likeness (QED) is 0.402. The first-order valence-electron chi connectivity index (χ1n) is 11.8. The van der Waals surface area contributed by atoms with Gasteiger partial charge >= 0.3 is 0 Å². The van der Waals surface area contributed by atoms with E-state index in [1.807, 2.05) is 19.1 Å². The molecule has 5 nitrogen and oxygen atoms in total. The third-order valence-corrected chi connectivity index (χ3v) is 6.71. The van der Waals surface area contributed by atoms with Crippen molar-refractivity contribution in [3.63, 3.8) is 0 Å². The number of methoxy groups -OCH3 is 2. The smallest absolute Gasteiger partial charge is 0.161 e. The first kappa shape index (κ1) is 24.7. The summed E-state index contributed by atoms with van der Waals surface area (Å²) in [6, 6.07) is 14.7. The van der Waals surface area contributed by atoms with Gasteiger partial charge in [-0.2, -0.15) is 0 Å². The lowest BCUT2D eigenvalue weighted by atomic mass is 9.69. The Balaban J connectivity index is 1.73. The first-order chi connectivity index (χ1) is 15.8. The van der Waals surface area contributed by atoms with Crippen molar-refractivity contribution in [2.24, 2.45) is 22.1 Å². The van der Waals surface area contributed by atoms with Gasteiger partial charge in [-0.3, -0.25) is 0 Å². The number of hydrogen-bond donors (Lipinski definition) is 1. The van der Waals surface area contributed by atoms with E-state index in [-0.39, 0.29) is 0 Å². The van der Waals surface area contributed by atoms with Crippen LogP contribution in [0.1, 0.15) is 49.8 Å². The maximum Gasteiger partial charge on any atom is 0.161 e. The Labute approximate surface area is 199 Å². The molecule has 5 heteroatoms. The minimum atomic E-state index is 0.321. The van der Waals surface area contributed by atoms with Crippen LogP contribution in [0.3, 0.4) is 0 Å². The molecule has 33 heavy (non-hydrogen) atoms. The molecule has 0 spiro atoms. The van der Waals surface area contributed by atoms with Gasteiger partial charge in [-0.1, -0.05) is 50.8 Å². The van der Waals surface area contributed by atoms with E-state index in [4.69, 9.17) is 15.2 Å². The standard InChI is InChI=1S/C28H39N3O2/c1-20(2)18-28(19-23-10-8-7-9-11-23)12-14-31(15-13-28)22(4)30-27(29)24-17-26(33-6)25(32-5)16-21(24)3/h7-11,16-17,20H,4,12-15,18-19H2,1-3,5-6H3,(H2,29,30). The summed E-state index contributed by atoms with van der Waals surface area (Å²) in [7, 11) is 3.25. The number of ether oxygens (including phenoxy) is 2. The largest absolute Gasteiger partial charge is 0.493 e. The molecule has 1 aliphatic rings. The highest BCUT2D eigenvalue weighted by Crippen LogP contribution is 2.41. The number of aryl methyl sites for hydroxylation is 1. The van der Waals surface area contributed by atoms with E-state index in [2.05, 4.69) is 60.7 Å². The average Bonchev–Trinajstić information content (AvgIpc) is 2.79. The molecule has 2 N–H and O–H groups in total. The number of aliphatic imine (C=N–C) groups is 1. The van der Waals surface area contributed by atoms with Crippen LogP contribution in [0.15, 0.2) is 59.9 Å². The van der Waals surface area contributed by atoms with E-state index < -0.39 is 0 Å². The van der Waals surface area contributed by atoms with Crippen LogP contribution < -0.4 is 15.2 Å². The predicted octanol–water partition coefficient (Wildman–Crippen LogP) is 5.56. The van der Waals surface area contributed by atoms with Crippen molar-refractivity contribution in [2.75, 3.05) is 27.3 Å². The van der Waals surface area contributed by atoms with Gasteiger partial charge in [-0.05, 0) is 67.2 Å². The summed E-state index contributed by atoms with van der Waals surface area (Å²) >= 11 is 0. The SMILES string of the molecule is C=C(/N=C(/N)c1cc(OC)c(OC)cc1C)N1CCC(Cc2ccccc2)(CC(C)C)CC1. The molecule has 1 fully saturated rings. The lowest BCUT2D eigenvalue weighted by Gasteiger charge is -2.44. The van der Waals surface area contributed by atoms with Gasteiger partial charge in [0.1, 0.15) is 11.7 Å². The highest BCUT2D eigenvalue weighted by molar-refractivity contribution is 6.00. The Morgan fingerprint density at radius 2 is 1.70 bits per heavy atom. The zero-order valence-corrected chi connectivity index (χ0v) is 20.9. The summed E-state index contributed by atoms with van der Waals surface area (Å²) in [6.45, 7) is 12.8. The predicted molar refractivity (Wildman–Crippen MR) is 137 cm³/mol. The summed E-state index contributed by atoms with van der Waals surface area (Å²) < 4.78 is 10.8. The zero-order valence-electron chi connectivity index (χ0n) is 20.9. The van der Waals surface area contributed by atoms with Crippen molar-refractivity contribution in [3.05, 3.63) is 71.6 Å². The Morgan fingerprint density at radius 3 is 2.27 bits per heavy atom. The number of amidine groups is 1. The monoisotopic (exact) mass is 449 g/mol. The molecular formula is C28H39N3O2. The Kier molecular flexibility index (Phi) is 8.06. The number of piperidine rings is 1. The summed E-state index contributed by atoms with van der Waals surface area (Å²) in [5.41, 5.74) is 9.98. The third kappa shape index (κ3) is 6.10. The summed E-state index contributed by atoms with van der Waals surface area (Å²) in [5, 5.41) is 0. The minimum absolute atomic E-state index is 0.321. The molecule has 0 amide bonds. The van der Waals surface area contributed by atoms with Crippen molar-refractivity contribution in [2.45, 2.75) is 46.5 Å². The van der Waals surface area contributed by atoms with Gasteiger partial charge in [0.2, 0.25) is 0 Å². The maximum atomic E-state index is 6.41. The van der Waals surface area contributed by atoms with Crippen LogP contribution in [0, 0.1) is 18.3 Å². The van der Waals surface area contributed by atoms with Gasteiger partial charge in [-0.15, -0.1) is 0 Å². The van der Waals surface area contributed by atoms with Crippen LogP contribution in [-0.4, -0.2) is 38.0 Å². The van der Waals surface area contributed by atoms with Crippen LogP contribution in [0.2, 0.25) is 0 Å². The topological polar surface area (TPSA) is 60.1 Å². The van der Waals surface area contributed by atoms with E-state index in [9.17, 15) is 0 Å². The molecule has 178 valence electrons. The van der Waals surface area contributed by atoms with E-state index >= 15 is 0 Å². The molecule has 0 aliphatic carbocycles. The number of nitrogens with zero attached hydrogens (tertiary/aromatic N) is 2. The van der Waals surface area contributed by atoms with E-state index in [1.54, 1.807) is 14.2 Å². The molecule has 1 saturated heterocycles. The van der Waals surface area contributed by atoms with Crippen molar-refractivity contribution >= 4 is 5.84 Å². The molecule has 1 heterocycles. The molecule has 2 aromatic rings. The number of nitrogens with two attached hydrogens (primary N) is 1. The second-order valence-corrected chi connectivity index (χ2v) is 9.68. The number of rotatable bonds is 9. The Hall–Kier alpha value is -2.95. The Morgan fingerprint density at radius 1 is 1.09 bits per heavy atom. The fraction of sp³-hybridized carbons (Fsp3) is 0.464. The molecule has 0 unspecified atom stereocenters. The maximum absolute atomic E-state index is 6.41. The molecular weight excluding hydrogens is 410 g/mol. The minimum Gasteiger partial charge on any atom is -0.493 e. The van der Waals surface area contributed by atoms with Crippen LogP contribution in [-0.2, 0) is 6.42 Å². The van der Waals surface area contributed by atoms with Gasteiger partial charge in [0.05, 0.1) is 14.2 Å². The molecule has 2 aromatic carbocycles. The van der Waals surface area contributed by atoms with Crippen LogP contribution >= 0.6 is 0 Å². The molecule has 3 rings (SSSR count). The van der Waals surface area contributed by atoms with Crippen LogP contribution in [0.5, 0.6) is 11.5 Å². The van der Waals surface area contributed by atoms with Crippen molar-refractivity contribution in [1.29, 1.82) is 0 Å². The number of likely N-dealkylation sites (tertiary alicyclic amines) is 1. The average molecular weight is 450 g/mol. The second kappa shape index (κ2) is 10.8. The van der Waals surface area contributed by atoms with E-state index in [0.29, 0.717) is 28.7 Å². The Bertz CT molecular complexity index is 974. The molecule has 0 saturated carbocycles. The van der Waals surface area contributed by atoms with E-state index in [0.717, 1.165) is 49.3 Å². The number of benzene rings is 2. The lowest BCUT2D eigenvalue weighted by molar-refractivity contribution is 0.101. The second-order valence-electron chi connectivity index (χ2n) is 9.68. The molecule has 0 radical (unpaired) electrons.